The van der Waals surface area contributed by atoms with Gasteiger partial charge in [-0.2, -0.15) is 0 Å². The first-order chi connectivity index (χ1) is 17.4. The maximum Gasteiger partial charge on any atom is 0.300 e. The van der Waals surface area contributed by atoms with Crippen LogP contribution in [-0.2, 0) is 16.0 Å². The van der Waals surface area contributed by atoms with Crippen molar-refractivity contribution in [2.75, 3.05) is 25.7 Å². The molecule has 186 valence electrons. The molecule has 4 rings (SSSR count). The Morgan fingerprint density at radius 2 is 1.67 bits per heavy atom. The normalized spacial score (nSPS) is 16.8. The molecule has 1 heterocycles. The molecule has 3 aromatic carbocycles. The lowest BCUT2D eigenvalue weighted by Gasteiger charge is -2.26. The van der Waals surface area contributed by atoms with E-state index < -0.39 is 17.7 Å². The summed E-state index contributed by atoms with van der Waals surface area (Å²) < 4.78 is 16.5. The van der Waals surface area contributed by atoms with Crippen molar-refractivity contribution < 1.29 is 28.9 Å². The number of Topliss-reactive ketones (excluding diaryl/α,β-unsaturated/α-hetero) is 1. The highest BCUT2D eigenvalue weighted by atomic mass is 16.5. The molecule has 1 aliphatic heterocycles. The molecule has 7 heteroatoms. The lowest BCUT2D eigenvalue weighted by Crippen LogP contribution is -2.29. The van der Waals surface area contributed by atoms with Crippen LogP contribution in [-0.4, -0.2) is 37.6 Å². The van der Waals surface area contributed by atoms with Crippen LogP contribution >= 0.6 is 0 Å². The van der Waals surface area contributed by atoms with Gasteiger partial charge in [0.05, 0.1) is 32.4 Å². The number of nitrogens with zero attached hydrogens (tertiary/aromatic N) is 1. The van der Waals surface area contributed by atoms with Crippen molar-refractivity contribution in [3.8, 4) is 17.2 Å². The predicted octanol–water partition coefficient (Wildman–Crippen LogP) is 5.29. The minimum absolute atomic E-state index is 0.0135. The van der Waals surface area contributed by atoms with Gasteiger partial charge < -0.3 is 19.3 Å². The first-order valence-electron chi connectivity index (χ1n) is 11.8. The van der Waals surface area contributed by atoms with Gasteiger partial charge in [-0.05, 0) is 60.9 Å². The molecule has 0 bridgehead atoms. The summed E-state index contributed by atoms with van der Waals surface area (Å²) in [7, 11) is 3.06. The number of aliphatic hydroxyl groups excluding tert-OH is 1. The van der Waals surface area contributed by atoms with Crippen LogP contribution in [0.3, 0.4) is 0 Å². The number of carbonyl (C=O) groups excluding carboxylic acids is 2. The van der Waals surface area contributed by atoms with Gasteiger partial charge in [-0.15, -0.1) is 0 Å². The Kier molecular flexibility index (Phi) is 7.29. The summed E-state index contributed by atoms with van der Waals surface area (Å²) in [5.41, 5.74) is 2.62. The molecule has 1 unspecified atom stereocenters. The van der Waals surface area contributed by atoms with Gasteiger partial charge in [-0.1, -0.05) is 37.3 Å². The summed E-state index contributed by atoms with van der Waals surface area (Å²) in [5, 5.41) is 11.3. The molecule has 1 saturated heterocycles. The minimum Gasteiger partial charge on any atom is -0.507 e. The lowest BCUT2D eigenvalue weighted by atomic mass is 9.94. The highest BCUT2D eigenvalue weighted by molar-refractivity contribution is 6.51. The van der Waals surface area contributed by atoms with Crippen LogP contribution in [0.25, 0.3) is 5.76 Å². The second-order valence-corrected chi connectivity index (χ2v) is 8.26. The number of methoxy groups -OCH3 is 2. The number of benzene rings is 3. The monoisotopic (exact) mass is 487 g/mol. The van der Waals surface area contributed by atoms with Crippen LogP contribution in [0.1, 0.15) is 36.6 Å². The summed E-state index contributed by atoms with van der Waals surface area (Å²) >= 11 is 0. The largest absolute Gasteiger partial charge is 0.507 e. The van der Waals surface area contributed by atoms with E-state index in [1.165, 1.54) is 12.0 Å². The van der Waals surface area contributed by atoms with Crippen LogP contribution in [0.4, 0.5) is 5.69 Å². The summed E-state index contributed by atoms with van der Waals surface area (Å²) in [6.45, 7) is 4.31. The first kappa shape index (κ1) is 24.9. The third kappa shape index (κ3) is 4.52. The van der Waals surface area contributed by atoms with Gasteiger partial charge in [0, 0.05) is 11.3 Å². The van der Waals surface area contributed by atoms with E-state index >= 15 is 0 Å². The number of rotatable bonds is 8. The number of ketones is 1. The van der Waals surface area contributed by atoms with E-state index in [0.717, 1.165) is 12.0 Å². The summed E-state index contributed by atoms with van der Waals surface area (Å²) in [4.78, 5) is 28.2. The van der Waals surface area contributed by atoms with Gasteiger partial charge in [0.2, 0.25) is 0 Å². The van der Waals surface area contributed by atoms with Gasteiger partial charge in [0.15, 0.2) is 11.5 Å². The maximum absolute atomic E-state index is 13.4. The zero-order valence-electron chi connectivity index (χ0n) is 20.8. The fraction of sp³-hybridized carbons (Fsp3) is 0.241. The molecular weight excluding hydrogens is 458 g/mol. The van der Waals surface area contributed by atoms with Crippen LogP contribution < -0.4 is 19.1 Å². The quantitative estimate of drug-likeness (QED) is 0.264. The molecule has 1 aliphatic rings. The molecule has 0 saturated carbocycles. The van der Waals surface area contributed by atoms with Gasteiger partial charge in [0.1, 0.15) is 11.5 Å². The van der Waals surface area contributed by atoms with Crippen molar-refractivity contribution in [2.45, 2.75) is 26.3 Å². The number of hydrogen-bond donors (Lipinski definition) is 1. The van der Waals surface area contributed by atoms with E-state index in [9.17, 15) is 14.7 Å². The molecule has 1 N–H and O–H groups in total. The number of hydrogen-bond acceptors (Lipinski definition) is 6. The smallest absolute Gasteiger partial charge is 0.300 e. The number of carbonyl (C=O) groups is 2. The van der Waals surface area contributed by atoms with Crippen LogP contribution in [0, 0.1) is 0 Å². The molecule has 0 spiro atoms. The summed E-state index contributed by atoms with van der Waals surface area (Å²) in [5.74, 6) is -0.249. The van der Waals surface area contributed by atoms with Crippen molar-refractivity contribution in [1.29, 1.82) is 0 Å². The van der Waals surface area contributed by atoms with E-state index in [0.29, 0.717) is 40.7 Å². The van der Waals surface area contributed by atoms with Crippen LogP contribution in [0.15, 0.2) is 72.3 Å². The molecular formula is C29H29NO6. The second-order valence-electron chi connectivity index (χ2n) is 8.26. The molecule has 36 heavy (non-hydrogen) atoms. The molecule has 0 radical (unpaired) electrons. The molecule has 0 aromatic heterocycles. The van der Waals surface area contributed by atoms with Crippen molar-refractivity contribution >= 4 is 23.1 Å². The highest BCUT2D eigenvalue weighted by Gasteiger charge is 2.47. The van der Waals surface area contributed by atoms with Gasteiger partial charge >= 0.3 is 0 Å². The van der Waals surface area contributed by atoms with E-state index in [2.05, 4.69) is 0 Å². The third-order valence-corrected chi connectivity index (χ3v) is 6.21. The van der Waals surface area contributed by atoms with Crippen LogP contribution in [0.5, 0.6) is 17.2 Å². The Labute approximate surface area is 210 Å². The highest BCUT2D eigenvalue weighted by Crippen LogP contribution is 2.44. The fourth-order valence-corrected chi connectivity index (χ4v) is 4.36. The number of ether oxygens (including phenoxy) is 3. The second kappa shape index (κ2) is 10.6. The van der Waals surface area contributed by atoms with E-state index in [4.69, 9.17) is 14.2 Å². The molecule has 0 aliphatic carbocycles. The molecule has 3 aromatic rings. The van der Waals surface area contributed by atoms with Crippen LogP contribution in [0.2, 0.25) is 0 Å². The fourth-order valence-electron chi connectivity index (χ4n) is 4.36. The Bertz CT molecular complexity index is 1310. The van der Waals surface area contributed by atoms with Crippen molar-refractivity contribution in [1.82, 2.24) is 0 Å². The Balaban J connectivity index is 1.95. The van der Waals surface area contributed by atoms with Gasteiger partial charge in [-0.25, -0.2) is 0 Å². The molecule has 1 atom stereocenters. The summed E-state index contributed by atoms with van der Waals surface area (Å²) in [6, 6.07) is 18.6. The van der Waals surface area contributed by atoms with Crippen molar-refractivity contribution in [2.24, 2.45) is 0 Å². The van der Waals surface area contributed by atoms with Crippen molar-refractivity contribution in [3.05, 3.63) is 89.0 Å². The number of aliphatic hydroxyl groups is 1. The third-order valence-electron chi connectivity index (χ3n) is 6.21. The standard InChI is InChI=1S/C29H29NO6/c1-5-18-10-13-21(14-11-18)30-26(19-12-15-23(35-4)24(17-19)36-6-2)25(28(32)29(30)33)27(31)20-8-7-9-22(16-20)34-3/h7-17,26,31H,5-6H2,1-4H3/b27-25-. The Hall–Kier alpha value is -4.26. The number of anilines is 1. The van der Waals surface area contributed by atoms with Gasteiger partial charge in [0.25, 0.3) is 11.7 Å². The average Bonchev–Trinajstić information content (AvgIpc) is 3.18. The SMILES string of the molecule is CCOc1cc(C2/C(=C(/O)c3cccc(OC)c3)C(=O)C(=O)N2c2ccc(CC)cc2)ccc1OC. The van der Waals surface area contributed by atoms with E-state index in [-0.39, 0.29) is 11.3 Å². The Morgan fingerprint density at radius 1 is 0.917 bits per heavy atom. The predicted molar refractivity (Wildman–Crippen MR) is 138 cm³/mol. The average molecular weight is 488 g/mol. The number of aryl methyl sites for hydroxylation is 1. The van der Waals surface area contributed by atoms with Crippen molar-refractivity contribution in [3.63, 3.8) is 0 Å². The van der Waals surface area contributed by atoms with E-state index in [1.54, 1.807) is 49.6 Å². The molecule has 7 nitrogen and oxygen atoms in total. The zero-order valence-corrected chi connectivity index (χ0v) is 20.8. The Morgan fingerprint density at radius 3 is 2.31 bits per heavy atom. The first-order valence-corrected chi connectivity index (χ1v) is 11.8. The lowest BCUT2D eigenvalue weighted by molar-refractivity contribution is -0.132. The maximum atomic E-state index is 13.4. The number of amides is 1. The van der Waals surface area contributed by atoms with E-state index in [1.807, 2.05) is 38.1 Å². The minimum atomic E-state index is -0.881. The molecule has 1 fully saturated rings. The zero-order chi connectivity index (χ0) is 25.8. The summed E-state index contributed by atoms with van der Waals surface area (Å²) in [6.07, 6.45) is 0.842. The molecule has 1 amide bonds. The topological polar surface area (TPSA) is 85.3 Å². The van der Waals surface area contributed by atoms with Gasteiger partial charge in [-0.3, -0.25) is 14.5 Å².